The molecule has 0 heterocycles. The van der Waals surface area contributed by atoms with Crippen LogP contribution in [0.4, 0.5) is 0 Å². The second-order valence-corrected chi connectivity index (χ2v) is 5.85. The third kappa shape index (κ3) is 3.97. The lowest BCUT2D eigenvalue weighted by Crippen LogP contribution is -2.29. The van der Waals surface area contributed by atoms with E-state index in [0.717, 1.165) is 0 Å². The first-order valence-electron chi connectivity index (χ1n) is 5.35. The largest absolute Gasteiger partial charge is 0.355 e. The van der Waals surface area contributed by atoms with Gasteiger partial charge in [0.2, 0.25) is 0 Å². The van der Waals surface area contributed by atoms with E-state index in [1.807, 2.05) is 0 Å². The number of hydrogen-bond acceptors (Lipinski definition) is 4. The van der Waals surface area contributed by atoms with Crippen LogP contribution in [0.5, 0.6) is 0 Å². The van der Waals surface area contributed by atoms with Crippen molar-refractivity contribution in [2.45, 2.75) is 25.2 Å². The summed E-state index contributed by atoms with van der Waals surface area (Å²) in [6.45, 7) is 3.46. The molecule has 0 aliphatic rings. The third-order valence-electron chi connectivity index (χ3n) is 2.39. The van der Waals surface area contributed by atoms with Gasteiger partial charge in [0.1, 0.15) is 0 Å². The minimum atomic E-state index is -3.87. The topological polar surface area (TPSA) is 72.5 Å². The molecule has 0 amide bonds. The molecule has 0 saturated carbocycles. The van der Waals surface area contributed by atoms with Crippen molar-refractivity contribution in [3.63, 3.8) is 0 Å². The molecule has 1 atom stereocenters. The Hall–Kier alpha value is -1.11. The Bertz CT molecular complexity index is 512. The van der Waals surface area contributed by atoms with E-state index >= 15 is 0 Å². The van der Waals surface area contributed by atoms with Crippen molar-refractivity contribution in [3.8, 4) is 0 Å². The molecule has 100 valence electrons. The van der Waals surface area contributed by atoms with E-state index < -0.39 is 16.0 Å². The highest BCUT2D eigenvalue weighted by Gasteiger charge is 2.19. The number of halogens is 1. The van der Waals surface area contributed by atoms with Gasteiger partial charge < -0.3 is 4.84 Å². The summed E-state index contributed by atoms with van der Waals surface area (Å²) in [5.41, 5.74) is 0. The first-order valence-corrected chi connectivity index (χ1v) is 7.21. The number of carbonyl (C=O) groups is 1. The van der Waals surface area contributed by atoms with Gasteiger partial charge >= 0.3 is 5.97 Å². The molecule has 0 spiro atoms. The van der Waals surface area contributed by atoms with Gasteiger partial charge in [-0.15, -0.1) is 0 Å². The van der Waals surface area contributed by atoms with Crippen molar-refractivity contribution in [1.82, 2.24) is 4.89 Å². The van der Waals surface area contributed by atoms with E-state index in [-0.39, 0.29) is 10.8 Å². The van der Waals surface area contributed by atoms with Crippen molar-refractivity contribution in [2.75, 3.05) is 0 Å². The highest BCUT2D eigenvalue weighted by Crippen LogP contribution is 2.14. The normalized spacial score (nSPS) is 13.1. The van der Waals surface area contributed by atoms with Gasteiger partial charge in [0.15, 0.2) is 0 Å². The molecule has 1 N–H and O–H groups in total. The first-order chi connectivity index (χ1) is 8.36. The Labute approximate surface area is 111 Å². The van der Waals surface area contributed by atoms with Crippen LogP contribution in [0.15, 0.2) is 29.2 Å². The summed E-state index contributed by atoms with van der Waals surface area (Å²) in [5.74, 6) is -0.979. The van der Waals surface area contributed by atoms with Crippen molar-refractivity contribution < 1.29 is 18.0 Å². The van der Waals surface area contributed by atoms with E-state index in [9.17, 15) is 13.2 Å². The predicted molar refractivity (Wildman–Crippen MR) is 67.3 cm³/mol. The SMILES string of the molecule is CCC(C)C(=O)ONS(=O)(=O)c1ccc(Cl)cc1. The fraction of sp³-hybridized carbons (Fsp3) is 0.364. The number of sulfonamides is 1. The second kappa shape index (κ2) is 6.17. The summed E-state index contributed by atoms with van der Waals surface area (Å²) < 4.78 is 23.5. The van der Waals surface area contributed by atoms with Crippen LogP contribution in [0.2, 0.25) is 5.02 Å². The number of nitrogens with one attached hydrogen (secondary N) is 1. The minimum absolute atomic E-state index is 0.0242. The van der Waals surface area contributed by atoms with Crippen LogP contribution >= 0.6 is 11.6 Å². The van der Waals surface area contributed by atoms with E-state index in [1.165, 1.54) is 24.3 Å². The molecule has 1 unspecified atom stereocenters. The molecule has 0 aliphatic carbocycles. The van der Waals surface area contributed by atoms with Gasteiger partial charge in [0.05, 0.1) is 10.8 Å². The maximum Gasteiger partial charge on any atom is 0.328 e. The molecule has 1 aromatic rings. The molecule has 0 bridgehead atoms. The molecule has 0 aliphatic heterocycles. The van der Waals surface area contributed by atoms with Gasteiger partial charge in [-0.1, -0.05) is 25.4 Å². The second-order valence-electron chi connectivity index (χ2n) is 3.77. The third-order valence-corrected chi connectivity index (χ3v) is 3.84. The number of benzene rings is 1. The molecule has 0 radical (unpaired) electrons. The van der Waals surface area contributed by atoms with Gasteiger partial charge in [-0.05, 0) is 35.6 Å². The van der Waals surface area contributed by atoms with Gasteiger partial charge in [-0.2, -0.15) is 0 Å². The maximum atomic E-state index is 11.7. The maximum absolute atomic E-state index is 11.7. The molecule has 0 aromatic heterocycles. The van der Waals surface area contributed by atoms with Crippen molar-refractivity contribution in [3.05, 3.63) is 29.3 Å². The molecular formula is C11H14ClNO4S. The molecule has 0 fully saturated rings. The zero-order valence-electron chi connectivity index (χ0n) is 10.0. The van der Waals surface area contributed by atoms with Crippen molar-refractivity contribution >= 4 is 27.6 Å². The molecule has 1 aromatic carbocycles. The fourth-order valence-electron chi connectivity index (χ4n) is 1.03. The van der Waals surface area contributed by atoms with E-state index in [4.69, 9.17) is 11.6 Å². The zero-order chi connectivity index (χ0) is 13.8. The summed E-state index contributed by atoms with van der Waals surface area (Å²) in [6, 6.07) is 5.52. The van der Waals surface area contributed by atoms with Crippen LogP contribution in [0.1, 0.15) is 20.3 Å². The summed E-state index contributed by atoms with van der Waals surface area (Å²) >= 11 is 5.65. The van der Waals surface area contributed by atoms with Crippen LogP contribution in [-0.2, 0) is 19.7 Å². The number of rotatable bonds is 5. The lowest BCUT2D eigenvalue weighted by Gasteiger charge is -2.09. The molecule has 18 heavy (non-hydrogen) atoms. The molecular weight excluding hydrogens is 278 g/mol. The Morgan fingerprint density at radius 1 is 1.39 bits per heavy atom. The quantitative estimate of drug-likeness (QED) is 0.844. The molecule has 1 rings (SSSR count). The Balaban J connectivity index is 2.71. The molecule has 0 saturated heterocycles. The minimum Gasteiger partial charge on any atom is -0.355 e. The van der Waals surface area contributed by atoms with Crippen molar-refractivity contribution in [1.29, 1.82) is 0 Å². The zero-order valence-corrected chi connectivity index (χ0v) is 11.6. The number of carbonyl (C=O) groups excluding carboxylic acids is 1. The van der Waals surface area contributed by atoms with Crippen molar-refractivity contribution in [2.24, 2.45) is 5.92 Å². The van der Waals surface area contributed by atoms with E-state index in [2.05, 4.69) is 4.84 Å². The van der Waals surface area contributed by atoms with Crippen LogP contribution < -0.4 is 4.89 Å². The smallest absolute Gasteiger partial charge is 0.328 e. The van der Waals surface area contributed by atoms with Crippen LogP contribution in [0.25, 0.3) is 0 Å². The lowest BCUT2D eigenvalue weighted by atomic mass is 10.1. The summed E-state index contributed by atoms with van der Waals surface area (Å²) in [4.78, 5) is 17.6. The van der Waals surface area contributed by atoms with Gasteiger partial charge in [0.25, 0.3) is 10.0 Å². The first kappa shape index (κ1) is 14.9. The monoisotopic (exact) mass is 291 g/mol. The van der Waals surface area contributed by atoms with Crippen LogP contribution in [0, 0.1) is 5.92 Å². The highest BCUT2D eigenvalue weighted by atomic mass is 35.5. The van der Waals surface area contributed by atoms with Crippen LogP contribution in [0.3, 0.4) is 0 Å². The summed E-state index contributed by atoms with van der Waals surface area (Å²) in [5, 5.41) is 0.422. The average molecular weight is 292 g/mol. The van der Waals surface area contributed by atoms with Gasteiger partial charge in [0, 0.05) is 5.02 Å². The summed E-state index contributed by atoms with van der Waals surface area (Å²) in [6.07, 6.45) is 0.571. The lowest BCUT2D eigenvalue weighted by molar-refractivity contribution is -0.151. The van der Waals surface area contributed by atoms with Crippen LogP contribution in [-0.4, -0.2) is 14.4 Å². The Kier molecular flexibility index (Phi) is 5.13. The standard InChI is InChI=1S/C11H14ClNO4S/c1-3-8(2)11(14)17-13-18(15,16)10-6-4-9(12)5-7-10/h4-8,13H,3H2,1-2H3. The molecule has 5 nitrogen and oxygen atoms in total. The molecule has 7 heteroatoms. The predicted octanol–water partition coefficient (Wildman–Crippen LogP) is 2.12. The fourth-order valence-corrected chi connectivity index (χ4v) is 1.93. The average Bonchev–Trinajstić information content (AvgIpc) is 2.35. The van der Waals surface area contributed by atoms with E-state index in [0.29, 0.717) is 11.4 Å². The van der Waals surface area contributed by atoms with Gasteiger partial charge in [-0.3, -0.25) is 4.79 Å². The number of hydrogen-bond donors (Lipinski definition) is 1. The Morgan fingerprint density at radius 2 is 1.94 bits per heavy atom. The highest BCUT2D eigenvalue weighted by molar-refractivity contribution is 7.89. The summed E-state index contributed by atoms with van der Waals surface area (Å²) in [7, 11) is -3.87. The van der Waals surface area contributed by atoms with Gasteiger partial charge in [-0.25, -0.2) is 8.42 Å². The Morgan fingerprint density at radius 3 is 2.44 bits per heavy atom. The van der Waals surface area contributed by atoms with E-state index in [1.54, 1.807) is 18.7 Å².